The molecule has 24 heavy (non-hydrogen) atoms. The standard InChI is InChI=1S/C19H25N3O2/c20-18-8-4-5-9-19(18)24-15-17(23)14-21-10-12-22(13-11-21)16-6-2-1-3-7-16/h1-9,17,23H,10-15,20H2. The van der Waals surface area contributed by atoms with E-state index in [1.165, 1.54) is 5.69 Å². The van der Waals surface area contributed by atoms with E-state index in [9.17, 15) is 5.11 Å². The first-order valence-corrected chi connectivity index (χ1v) is 8.40. The van der Waals surface area contributed by atoms with E-state index in [0.717, 1.165) is 26.2 Å². The topological polar surface area (TPSA) is 62.0 Å². The third-order valence-electron chi connectivity index (χ3n) is 4.31. The number of anilines is 2. The van der Waals surface area contributed by atoms with Crippen LogP contribution in [0.15, 0.2) is 54.6 Å². The minimum Gasteiger partial charge on any atom is -0.489 e. The lowest BCUT2D eigenvalue weighted by molar-refractivity contribution is 0.0666. The van der Waals surface area contributed by atoms with Crippen LogP contribution in [0, 0.1) is 0 Å². The van der Waals surface area contributed by atoms with E-state index >= 15 is 0 Å². The van der Waals surface area contributed by atoms with Crippen molar-refractivity contribution < 1.29 is 9.84 Å². The molecule has 1 atom stereocenters. The quantitative estimate of drug-likeness (QED) is 0.793. The number of β-amino-alcohol motifs (C(OH)–C–C–N with tert-alkyl or cyclic N) is 1. The Kier molecular flexibility index (Phi) is 5.56. The molecule has 128 valence electrons. The Morgan fingerprint density at radius 1 is 0.958 bits per heavy atom. The van der Waals surface area contributed by atoms with Crippen molar-refractivity contribution >= 4 is 11.4 Å². The van der Waals surface area contributed by atoms with Crippen LogP contribution in [0.1, 0.15) is 0 Å². The minimum absolute atomic E-state index is 0.257. The predicted molar refractivity (Wildman–Crippen MR) is 97.5 cm³/mol. The van der Waals surface area contributed by atoms with E-state index in [-0.39, 0.29) is 6.61 Å². The molecule has 0 amide bonds. The average molecular weight is 327 g/mol. The molecule has 1 saturated heterocycles. The number of para-hydroxylation sites is 3. The first-order chi connectivity index (χ1) is 11.7. The number of ether oxygens (including phenoxy) is 1. The van der Waals surface area contributed by atoms with Crippen LogP contribution in [0.4, 0.5) is 11.4 Å². The zero-order valence-electron chi connectivity index (χ0n) is 13.8. The van der Waals surface area contributed by atoms with Gasteiger partial charge >= 0.3 is 0 Å². The SMILES string of the molecule is Nc1ccccc1OCC(O)CN1CCN(c2ccccc2)CC1. The van der Waals surface area contributed by atoms with Crippen LogP contribution >= 0.6 is 0 Å². The molecule has 5 heteroatoms. The molecule has 1 unspecified atom stereocenters. The Morgan fingerprint density at radius 2 is 1.62 bits per heavy atom. The number of hydrogen-bond acceptors (Lipinski definition) is 5. The molecule has 3 rings (SSSR count). The molecule has 2 aromatic carbocycles. The van der Waals surface area contributed by atoms with E-state index in [1.54, 1.807) is 6.07 Å². The van der Waals surface area contributed by atoms with Crippen LogP contribution in [0.2, 0.25) is 0 Å². The lowest BCUT2D eigenvalue weighted by Crippen LogP contribution is -2.49. The minimum atomic E-state index is -0.520. The lowest BCUT2D eigenvalue weighted by atomic mass is 10.2. The number of hydrogen-bond donors (Lipinski definition) is 2. The van der Waals surface area contributed by atoms with Gasteiger partial charge in [0.05, 0.1) is 5.69 Å². The number of nitrogens with zero attached hydrogens (tertiary/aromatic N) is 2. The van der Waals surface area contributed by atoms with Crippen molar-refractivity contribution in [3.63, 3.8) is 0 Å². The molecule has 3 N–H and O–H groups in total. The van der Waals surface area contributed by atoms with Crippen LogP contribution in [0.3, 0.4) is 0 Å². The molecule has 1 aliphatic rings. The summed E-state index contributed by atoms with van der Waals surface area (Å²) in [6.45, 7) is 4.72. The first kappa shape index (κ1) is 16.6. The summed E-state index contributed by atoms with van der Waals surface area (Å²) in [7, 11) is 0. The molecular weight excluding hydrogens is 302 g/mol. The van der Waals surface area contributed by atoms with Crippen molar-refractivity contribution in [2.45, 2.75) is 6.10 Å². The second-order valence-electron chi connectivity index (χ2n) is 6.13. The van der Waals surface area contributed by atoms with Crippen molar-refractivity contribution in [1.82, 2.24) is 4.90 Å². The number of aliphatic hydroxyl groups excluding tert-OH is 1. The van der Waals surface area contributed by atoms with Crippen molar-refractivity contribution in [3.8, 4) is 5.75 Å². The Balaban J connectivity index is 1.42. The van der Waals surface area contributed by atoms with Crippen LogP contribution in [-0.2, 0) is 0 Å². The molecule has 0 bridgehead atoms. The van der Waals surface area contributed by atoms with Crippen molar-refractivity contribution in [1.29, 1.82) is 0 Å². The number of piperazine rings is 1. The Hall–Kier alpha value is -2.24. The van der Waals surface area contributed by atoms with Crippen LogP contribution in [0.5, 0.6) is 5.75 Å². The van der Waals surface area contributed by atoms with Crippen molar-refractivity contribution in [2.75, 3.05) is 50.0 Å². The zero-order chi connectivity index (χ0) is 16.8. The molecule has 0 aliphatic carbocycles. The molecule has 1 fully saturated rings. The summed E-state index contributed by atoms with van der Waals surface area (Å²) in [6.07, 6.45) is -0.520. The van der Waals surface area contributed by atoms with Crippen molar-refractivity contribution in [3.05, 3.63) is 54.6 Å². The molecule has 2 aromatic rings. The lowest BCUT2D eigenvalue weighted by Gasteiger charge is -2.36. The summed E-state index contributed by atoms with van der Waals surface area (Å²) in [6, 6.07) is 17.8. The van der Waals surface area contributed by atoms with Gasteiger partial charge in [-0.05, 0) is 24.3 Å². The predicted octanol–water partition coefficient (Wildman–Crippen LogP) is 1.83. The van der Waals surface area contributed by atoms with E-state index < -0.39 is 6.10 Å². The molecule has 1 aliphatic heterocycles. The molecule has 0 saturated carbocycles. The number of rotatable bonds is 6. The summed E-state index contributed by atoms with van der Waals surface area (Å²) in [5, 5.41) is 10.2. The van der Waals surface area contributed by atoms with Gasteiger partial charge in [-0.15, -0.1) is 0 Å². The second kappa shape index (κ2) is 8.04. The zero-order valence-corrected chi connectivity index (χ0v) is 13.8. The summed E-state index contributed by atoms with van der Waals surface area (Å²) >= 11 is 0. The molecule has 0 spiro atoms. The molecular formula is C19H25N3O2. The normalized spacial score (nSPS) is 16.8. The van der Waals surface area contributed by atoms with Gasteiger partial charge in [0.2, 0.25) is 0 Å². The number of nitrogen functional groups attached to an aromatic ring is 1. The molecule has 0 radical (unpaired) electrons. The van der Waals surface area contributed by atoms with Gasteiger partial charge in [-0.2, -0.15) is 0 Å². The fraction of sp³-hybridized carbons (Fsp3) is 0.368. The fourth-order valence-corrected chi connectivity index (χ4v) is 2.98. The Bertz CT molecular complexity index is 628. The Labute approximate surface area is 143 Å². The van der Waals surface area contributed by atoms with Gasteiger partial charge < -0.3 is 20.5 Å². The highest BCUT2D eigenvalue weighted by molar-refractivity contribution is 5.51. The smallest absolute Gasteiger partial charge is 0.142 e. The summed E-state index contributed by atoms with van der Waals surface area (Å²) in [4.78, 5) is 4.66. The first-order valence-electron chi connectivity index (χ1n) is 8.40. The largest absolute Gasteiger partial charge is 0.489 e. The van der Waals surface area contributed by atoms with Crippen LogP contribution in [0.25, 0.3) is 0 Å². The van der Waals surface area contributed by atoms with Gasteiger partial charge in [0.15, 0.2) is 0 Å². The maximum absolute atomic E-state index is 10.2. The van der Waals surface area contributed by atoms with Gasteiger partial charge in [0.1, 0.15) is 18.5 Å². The molecule has 5 nitrogen and oxygen atoms in total. The fourth-order valence-electron chi connectivity index (χ4n) is 2.98. The average Bonchev–Trinajstić information content (AvgIpc) is 2.62. The van der Waals surface area contributed by atoms with Crippen LogP contribution < -0.4 is 15.4 Å². The van der Waals surface area contributed by atoms with Gasteiger partial charge in [0.25, 0.3) is 0 Å². The number of aliphatic hydroxyl groups is 1. The highest BCUT2D eigenvalue weighted by Gasteiger charge is 2.19. The molecule has 0 aromatic heterocycles. The maximum atomic E-state index is 10.2. The van der Waals surface area contributed by atoms with Gasteiger partial charge in [0, 0.05) is 38.4 Å². The maximum Gasteiger partial charge on any atom is 0.142 e. The van der Waals surface area contributed by atoms with Crippen LogP contribution in [-0.4, -0.2) is 55.4 Å². The highest BCUT2D eigenvalue weighted by atomic mass is 16.5. The summed E-state index contributed by atoms with van der Waals surface area (Å²) in [5.74, 6) is 0.630. The summed E-state index contributed by atoms with van der Waals surface area (Å²) < 4.78 is 5.62. The number of benzene rings is 2. The van der Waals surface area contributed by atoms with Gasteiger partial charge in [-0.1, -0.05) is 30.3 Å². The third-order valence-corrected chi connectivity index (χ3v) is 4.31. The second-order valence-corrected chi connectivity index (χ2v) is 6.13. The van der Waals surface area contributed by atoms with E-state index in [0.29, 0.717) is 18.0 Å². The Morgan fingerprint density at radius 3 is 2.33 bits per heavy atom. The van der Waals surface area contributed by atoms with E-state index in [4.69, 9.17) is 10.5 Å². The monoisotopic (exact) mass is 327 g/mol. The summed E-state index contributed by atoms with van der Waals surface area (Å²) in [5.41, 5.74) is 7.70. The molecule has 1 heterocycles. The number of nitrogens with two attached hydrogens (primary N) is 1. The van der Waals surface area contributed by atoms with Gasteiger partial charge in [-0.25, -0.2) is 0 Å². The highest BCUT2D eigenvalue weighted by Crippen LogP contribution is 2.20. The third kappa shape index (κ3) is 4.40. The van der Waals surface area contributed by atoms with Gasteiger partial charge in [-0.3, -0.25) is 4.90 Å². The van der Waals surface area contributed by atoms with E-state index in [1.807, 2.05) is 24.3 Å². The van der Waals surface area contributed by atoms with Crippen molar-refractivity contribution in [2.24, 2.45) is 0 Å². The van der Waals surface area contributed by atoms with E-state index in [2.05, 4.69) is 34.1 Å².